The molecule has 0 aliphatic rings. The summed E-state index contributed by atoms with van der Waals surface area (Å²) in [6, 6.07) is 4.73. The Labute approximate surface area is 98.5 Å². The van der Waals surface area contributed by atoms with Crippen molar-refractivity contribution in [1.29, 1.82) is 0 Å². The molecule has 8 heteroatoms. The smallest absolute Gasteiger partial charge is 0.422 e. The first-order valence-corrected chi connectivity index (χ1v) is 4.76. The van der Waals surface area contributed by atoms with E-state index in [4.69, 9.17) is 0 Å². The average Bonchev–Trinajstić information content (AvgIpc) is 2.23. The van der Waals surface area contributed by atoms with E-state index in [1.165, 1.54) is 12.1 Å². The summed E-state index contributed by atoms with van der Waals surface area (Å²) >= 11 is 0. The summed E-state index contributed by atoms with van der Waals surface area (Å²) in [7, 11) is 0. The summed E-state index contributed by atoms with van der Waals surface area (Å²) in [6.45, 7) is -2.65. The van der Waals surface area contributed by atoms with E-state index in [2.05, 4.69) is 10.1 Å². The lowest BCUT2D eigenvalue weighted by molar-refractivity contribution is -0.153. The SMILES string of the molecule is FC(F)(F)CNc1ccc(OCC(F)(F)F)cc1. The average molecular weight is 273 g/mol. The van der Waals surface area contributed by atoms with Crippen LogP contribution in [0.2, 0.25) is 0 Å². The van der Waals surface area contributed by atoms with E-state index in [0.29, 0.717) is 0 Å². The molecule has 0 amide bonds. The highest BCUT2D eigenvalue weighted by Gasteiger charge is 2.28. The van der Waals surface area contributed by atoms with E-state index in [0.717, 1.165) is 12.1 Å². The Balaban J connectivity index is 2.48. The van der Waals surface area contributed by atoms with Crippen LogP contribution in [-0.2, 0) is 0 Å². The first-order valence-electron chi connectivity index (χ1n) is 4.76. The van der Waals surface area contributed by atoms with E-state index < -0.39 is 25.5 Å². The van der Waals surface area contributed by atoms with Crippen molar-refractivity contribution in [1.82, 2.24) is 0 Å². The molecule has 0 heterocycles. The number of hydrogen-bond donors (Lipinski definition) is 1. The maximum absolute atomic E-state index is 11.9. The van der Waals surface area contributed by atoms with E-state index in [1.807, 2.05) is 0 Å². The van der Waals surface area contributed by atoms with Gasteiger partial charge in [-0.1, -0.05) is 0 Å². The second-order valence-corrected chi connectivity index (χ2v) is 3.40. The number of benzene rings is 1. The first-order chi connectivity index (χ1) is 8.16. The molecule has 1 aromatic carbocycles. The van der Waals surface area contributed by atoms with Gasteiger partial charge in [-0.25, -0.2) is 0 Å². The fourth-order valence-corrected chi connectivity index (χ4v) is 1.04. The number of halogens is 6. The molecule has 0 saturated heterocycles. The molecule has 1 rings (SSSR count). The Morgan fingerprint density at radius 2 is 1.44 bits per heavy atom. The van der Waals surface area contributed by atoms with Crippen molar-refractivity contribution in [2.45, 2.75) is 12.4 Å². The Kier molecular flexibility index (Phi) is 4.31. The molecule has 1 aromatic rings. The maximum atomic E-state index is 11.9. The minimum atomic E-state index is -4.45. The van der Waals surface area contributed by atoms with Crippen LogP contribution in [0, 0.1) is 0 Å². The highest BCUT2D eigenvalue weighted by molar-refractivity contribution is 5.46. The van der Waals surface area contributed by atoms with Crippen LogP contribution in [0.4, 0.5) is 32.0 Å². The molecule has 0 fully saturated rings. The first kappa shape index (κ1) is 14.5. The molecule has 102 valence electrons. The Hall–Kier alpha value is -1.60. The summed E-state index contributed by atoms with van der Waals surface area (Å²) < 4.78 is 75.4. The number of rotatable bonds is 4. The van der Waals surface area contributed by atoms with Crippen molar-refractivity contribution >= 4 is 5.69 Å². The van der Waals surface area contributed by atoms with Gasteiger partial charge in [-0.3, -0.25) is 0 Å². The van der Waals surface area contributed by atoms with Crippen LogP contribution in [0.25, 0.3) is 0 Å². The number of nitrogens with one attached hydrogen (secondary N) is 1. The molecular formula is C10H9F6NO. The van der Waals surface area contributed by atoms with Crippen LogP contribution < -0.4 is 10.1 Å². The van der Waals surface area contributed by atoms with Crippen molar-refractivity contribution in [2.75, 3.05) is 18.5 Å². The van der Waals surface area contributed by atoms with Gasteiger partial charge in [0.05, 0.1) is 0 Å². The standard InChI is InChI=1S/C10H9F6NO/c11-9(12,13)5-17-7-1-3-8(4-2-7)18-6-10(14,15)16/h1-4,17H,5-6H2. The molecule has 18 heavy (non-hydrogen) atoms. The van der Waals surface area contributed by atoms with Crippen LogP contribution in [0.3, 0.4) is 0 Å². The number of alkyl halides is 6. The topological polar surface area (TPSA) is 21.3 Å². The van der Waals surface area contributed by atoms with Gasteiger partial charge in [-0.05, 0) is 24.3 Å². The summed E-state index contributed by atoms with van der Waals surface area (Å²) in [4.78, 5) is 0. The summed E-state index contributed by atoms with van der Waals surface area (Å²) in [5, 5.41) is 2.08. The second-order valence-electron chi connectivity index (χ2n) is 3.40. The third-order valence-corrected chi connectivity index (χ3v) is 1.75. The van der Waals surface area contributed by atoms with Gasteiger partial charge in [0.1, 0.15) is 12.3 Å². The van der Waals surface area contributed by atoms with E-state index in [1.54, 1.807) is 0 Å². The minimum absolute atomic E-state index is 0.0649. The third-order valence-electron chi connectivity index (χ3n) is 1.75. The van der Waals surface area contributed by atoms with Crippen molar-refractivity contribution in [3.63, 3.8) is 0 Å². The van der Waals surface area contributed by atoms with Gasteiger partial charge in [0.2, 0.25) is 0 Å². The van der Waals surface area contributed by atoms with Gasteiger partial charge in [0, 0.05) is 5.69 Å². The van der Waals surface area contributed by atoms with E-state index >= 15 is 0 Å². The molecule has 0 bridgehead atoms. The van der Waals surface area contributed by atoms with Crippen molar-refractivity contribution in [3.05, 3.63) is 24.3 Å². The fraction of sp³-hybridized carbons (Fsp3) is 0.400. The molecule has 1 N–H and O–H groups in total. The van der Waals surface area contributed by atoms with Crippen molar-refractivity contribution in [3.8, 4) is 5.75 Å². The Bertz CT molecular complexity index is 332. The van der Waals surface area contributed by atoms with Crippen LogP contribution >= 0.6 is 0 Å². The Morgan fingerprint density at radius 3 is 1.89 bits per heavy atom. The molecule has 0 atom stereocenters. The van der Waals surface area contributed by atoms with E-state index in [-0.39, 0.29) is 11.4 Å². The van der Waals surface area contributed by atoms with Gasteiger partial charge < -0.3 is 10.1 Å². The Morgan fingerprint density at radius 1 is 0.889 bits per heavy atom. The van der Waals surface area contributed by atoms with Gasteiger partial charge in [-0.2, -0.15) is 26.3 Å². The lowest BCUT2D eigenvalue weighted by atomic mass is 10.3. The van der Waals surface area contributed by atoms with Crippen LogP contribution in [0.1, 0.15) is 0 Å². The highest BCUT2D eigenvalue weighted by atomic mass is 19.4. The van der Waals surface area contributed by atoms with Crippen LogP contribution in [0.15, 0.2) is 24.3 Å². The zero-order valence-electron chi connectivity index (χ0n) is 8.90. The molecule has 0 unspecified atom stereocenters. The number of hydrogen-bond acceptors (Lipinski definition) is 2. The zero-order chi connectivity index (χ0) is 13.8. The summed E-state index contributed by atoms with van der Waals surface area (Å²) in [5.41, 5.74) is 0.145. The number of anilines is 1. The van der Waals surface area contributed by atoms with Crippen LogP contribution in [0.5, 0.6) is 5.75 Å². The van der Waals surface area contributed by atoms with Crippen molar-refractivity contribution in [2.24, 2.45) is 0 Å². The largest absolute Gasteiger partial charge is 0.484 e. The molecular weight excluding hydrogens is 264 g/mol. The van der Waals surface area contributed by atoms with Crippen molar-refractivity contribution < 1.29 is 31.1 Å². The molecule has 0 spiro atoms. The predicted octanol–water partition coefficient (Wildman–Crippen LogP) is 3.60. The highest BCUT2D eigenvalue weighted by Crippen LogP contribution is 2.21. The monoisotopic (exact) mass is 273 g/mol. The molecule has 0 aromatic heterocycles. The fourth-order valence-electron chi connectivity index (χ4n) is 1.04. The van der Waals surface area contributed by atoms with Crippen LogP contribution in [-0.4, -0.2) is 25.5 Å². The van der Waals surface area contributed by atoms with Gasteiger partial charge in [-0.15, -0.1) is 0 Å². The zero-order valence-corrected chi connectivity index (χ0v) is 8.90. The van der Waals surface area contributed by atoms with Gasteiger partial charge >= 0.3 is 12.4 Å². The third kappa shape index (κ3) is 6.21. The lowest BCUT2D eigenvalue weighted by Gasteiger charge is -2.11. The molecule has 0 radical (unpaired) electrons. The van der Waals surface area contributed by atoms with Gasteiger partial charge in [0.25, 0.3) is 0 Å². The predicted molar refractivity (Wildman–Crippen MR) is 52.5 cm³/mol. The van der Waals surface area contributed by atoms with E-state index in [9.17, 15) is 26.3 Å². The minimum Gasteiger partial charge on any atom is -0.484 e. The molecule has 0 aliphatic heterocycles. The summed E-state index contributed by atoms with van der Waals surface area (Å²) in [5.74, 6) is -0.0649. The molecule has 2 nitrogen and oxygen atoms in total. The molecule has 0 aliphatic carbocycles. The quantitative estimate of drug-likeness (QED) is 0.846. The molecule has 0 saturated carbocycles. The summed E-state index contributed by atoms with van der Waals surface area (Å²) in [6.07, 6.45) is -8.81. The maximum Gasteiger partial charge on any atom is 0.422 e. The second kappa shape index (κ2) is 5.36. The van der Waals surface area contributed by atoms with Gasteiger partial charge in [0.15, 0.2) is 6.61 Å². The normalized spacial score (nSPS) is 12.3. The lowest BCUT2D eigenvalue weighted by Crippen LogP contribution is -2.21. The number of ether oxygens (including phenoxy) is 1.